The zero-order valence-electron chi connectivity index (χ0n) is 72.6. The first kappa shape index (κ1) is 84.4. The van der Waals surface area contributed by atoms with Crippen LogP contribution < -0.4 is 10.6 Å². The lowest BCUT2D eigenvalue weighted by atomic mass is 10.1. The number of nitrogens with one attached hydrogen (secondary N) is 10. The lowest BCUT2D eigenvalue weighted by molar-refractivity contribution is -0.115. The fraction of sp³-hybridized carbons (Fsp3) is 0.143. The molecule has 0 atom stereocenters. The molecule has 0 unspecified atom stereocenters. The molecule has 2 aliphatic rings. The van der Waals surface area contributed by atoms with E-state index in [-0.39, 0.29) is 18.9 Å². The van der Waals surface area contributed by atoms with Crippen LogP contribution in [0.3, 0.4) is 0 Å². The van der Waals surface area contributed by atoms with Crippen molar-refractivity contribution in [3.05, 3.63) is 253 Å². The number of hydrogen-bond donors (Lipinski definition) is 10. The molecule has 24 aromatic rings. The van der Waals surface area contributed by atoms with E-state index in [9.17, 15) is 13.6 Å². The smallest absolute Gasteiger partial charge is 0.261 e. The van der Waals surface area contributed by atoms with Gasteiger partial charge in [-0.15, -0.1) is 0 Å². The molecule has 1 aliphatic carbocycles. The minimum Gasteiger partial charge on any atom is -0.472 e. The molecule has 1 saturated heterocycles. The standard InChI is InChI=1S/C28H26N8S.C26H20F2N8S.C24H18N8O2.C20H12N8S/c1-2-4-17(3-1)9-29-10-18-7-20(12-30-11-18)21-8-22-26(35-36-27(22)32-13-21)28-33-24-15-31-14-23(25(24)34-28)19-5-6-37-16-19;27-26(28)2-3-36(14-26)12-15-5-17(8-29-7-15)18-6-19-23(34-35-24(19)31-9-18)25-32-21-11-30-10-20(22(21)33-25)16-1-4-37-13-16;1-2-20(33)28-16-5-14(7-25-9-16)15-6-17-22(31-32-23(17)27-8-15)24-29-19-11-26-10-18(21(19)30-24)13-3-4-34-12-13;1-2-29-9-11(1)15-7-21-8-16-17(15)26-20(25-16)18-14-3-12(6-24-19(14)28-27-18)13-4-22-10-23-5-13/h5-8,11-17,29H,1-4,9-10H2,(H,33,34)(H,32,35,36);1,4-11,13H,2-3,12,14H2,(H,32,33)(H,31,34,35);3-12H,2H2,1H3,(H,28,33)(H,29,30)(H,27,31,32);1-10H,(H,25,26)(H,24,27,28). The second kappa shape index (κ2) is 36.6. The number of hydrogen-bond acceptors (Lipinski definition) is 28. The van der Waals surface area contributed by atoms with Crippen LogP contribution in [0.4, 0.5) is 14.5 Å². The molecule has 0 bridgehead atoms. The summed E-state index contributed by atoms with van der Waals surface area (Å²) in [6.07, 6.45) is 46.2. The summed E-state index contributed by atoms with van der Waals surface area (Å²) in [5.41, 5.74) is 30.1. The van der Waals surface area contributed by atoms with Gasteiger partial charge in [0.25, 0.3) is 5.92 Å². The van der Waals surface area contributed by atoms with Gasteiger partial charge in [-0.05, 0) is 152 Å². The number of furan rings is 1. The maximum atomic E-state index is 13.6. The number of nitrogens with zero attached hydrogens (tertiary/aromatic N) is 22. The van der Waals surface area contributed by atoms with Gasteiger partial charge in [0, 0.05) is 198 Å². The third-order valence-corrected chi connectivity index (χ3v) is 26.3. The summed E-state index contributed by atoms with van der Waals surface area (Å²) in [5.74, 6) is 0.795. The van der Waals surface area contributed by atoms with Crippen LogP contribution in [-0.2, 0) is 17.9 Å². The number of H-pyrrole nitrogens is 8. The fourth-order valence-electron chi connectivity index (χ4n) is 17.3. The van der Waals surface area contributed by atoms with Gasteiger partial charge in [-0.2, -0.15) is 54.4 Å². The number of rotatable bonds is 20. The Kier molecular flexibility index (Phi) is 22.5. The lowest BCUT2D eigenvalue weighted by Crippen LogP contribution is -2.24. The summed E-state index contributed by atoms with van der Waals surface area (Å²) in [6, 6.07) is 22.2. The topological polar surface area (TPSA) is 455 Å². The predicted molar refractivity (Wildman–Crippen MR) is 523 cm³/mol. The van der Waals surface area contributed by atoms with Crippen LogP contribution in [0.25, 0.3) is 223 Å². The van der Waals surface area contributed by atoms with E-state index in [4.69, 9.17) is 24.4 Å². The number of thiophene rings is 3. The first-order chi connectivity index (χ1) is 67.4. The molecule has 1 saturated carbocycles. The highest BCUT2D eigenvalue weighted by Gasteiger charge is 2.38. The maximum Gasteiger partial charge on any atom is 0.261 e. The molecule has 0 spiro atoms. The Labute approximate surface area is 785 Å². The second-order valence-corrected chi connectivity index (χ2v) is 35.6. The minimum absolute atomic E-state index is 0.0705. The Morgan fingerprint density at radius 2 is 0.832 bits per heavy atom. The molecular weight excluding hydrogens is 1790 g/mol. The van der Waals surface area contributed by atoms with Crippen LogP contribution in [0, 0.1) is 5.92 Å². The van der Waals surface area contributed by atoms with Gasteiger partial charge in [-0.25, -0.2) is 58.6 Å². The van der Waals surface area contributed by atoms with Gasteiger partial charge in [-0.3, -0.25) is 65.0 Å². The van der Waals surface area contributed by atoms with Gasteiger partial charge in [-0.1, -0.05) is 19.8 Å². The number of aromatic amines is 8. The van der Waals surface area contributed by atoms with E-state index < -0.39 is 5.92 Å². The van der Waals surface area contributed by atoms with Crippen molar-refractivity contribution in [2.45, 2.75) is 64.5 Å². The molecule has 672 valence electrons. The van der Waals surface area contributed by atoms with E-state index in [0.717, 1.165) is 196 Å². The molecule has 25 heterocycles. The fourth-order valence-corrected chi connectivity index (χ4v) is 19.3. The van der Waals surface area contributed by atoms with E-state index in [1.54, 1.807) is 139 Å². The average Bonchev–Trinajstić information content (AvgIpc) is 1.63. The number of alkyl halides is 2. The Bertz CT molecular complexity index is 8490. The highest BCUT2D eigenvalue weighted by atomic mass is 32.1. The molecule has 26 rings (SSSR count). The quantitative estimate of drug-likeness (QED) is 0.0339. The molecule has 0 aromatic carbocycles. The number of likely N-dealkylation sites (tertiary alicyclic amines) is 1. The molecule has 137 heavy (non-hydrogen) atoms. The van der Waals surface area contributed by atoms with Crippen LogP contribution >= 0.6 is 34.0 Å². The molecule has 24 aromatic heterocycles. The first-order valence-corrected chi connectivity index (χ1v) is 46.8. The molecule has 1 aliphatic heterocycles. The minimum atomic E-state index is -2.62. The summed E-state index contributed by atoms with van der Waals surface area (Å²) in [7, 11) is 0. The van der Waals surface area contributed by atoms with Crippen LogP contribution in [0.15, 0.2) is 246 Å². The highest BCUT2D eigenvalue weighted by Crippen LogP contribution is 2.41. The van der Waals surface area contributed by atoms with E-state index in [1.807, 2.05) is 90.5 Å². The third kappa shape index (κ3) is 17.3. The van der Waals surface area contributed by atoms with Gasteiger partial charge in [0.15, 0.2) is 45.9 Å². The van der Waals surface area contributed by atoms with Crippen molar-refractivity contribution < 1.29 is 18.0 Å². The van der Waals surface area contributed by atoms with Crippen LogP contribution in [0.1, 0.15) is 56.6 Å². The molecule has 2 fully saturated rings. The van der Waals surface area contributed by atoms with Gasteiger partial charge < -0.3 is 35.0 Å². The SMILES string of the molecule is CCC(=O)Nc1cncc(-c2cnc3n[nH]c(-c4nc5c(-c6ccoc6)cncc5[nH]4)c3c2)c1.FC1(F)CCN(Cc2cncc(-c3cnc4n[nH]c(-c5nc6c(-c7ccsc7)cncc6[nH]5)c4c3)c2)C1.c1cc(-c2cncc3[nH]c(-c4[nH]nc5ncc(-c6cncc(CNCC7CCCC7)c6)cc45)nc23)cs1.c1ncc(-c2cnc3n[nH]c(-c4nc5c(-c6ccsc6)cncc5[nH]4)c3c2)cn1. The van der Waals surface area contributed by atoms with Crippen LogP contribution in [0.2, 0.25) is 0 Å². The number of halogens is 2. The number of amides is 1. The predicted octanol–water partition coefficient (Wildman–Crippen LogP) is 20.1. The summed E-state index contributed by atoms with van der Waals surface area (Å²) in [4.78, 5) is 103. The lowest BCUT2D eigenvalue weighted by Gasteiger charge is -2.15. The van der Waals surface area contributed by atoms with Gasteiger partial charge in [0.05, 0.1) is 99.4 Å². The number of imidazole rings is 4. The van der Waals surface area contributed by atoms with Crippen molar-refractivity contribution in [2.75, 3.05) is 25.0 Å². The van der Waals surface area contributed by atoms with Crippen molar-refractivity contribution in [3.63, 3.8) is 0 Å². The van der Waals surface area contributed by atoms with Gasteiger partial charge in [0.1, 0.15) is 51.2 Å². The van der Waals surface area contributed by atoms with E-state index in [1.165, 1.54) is 37.6 Å². The second-order valence-electron chi connectivity index (χ2n) is 33.3. The number of carbonyl (C=O) groups excluding carboxylic acids is 1. The highest BCUT2D eigenvalue weighted by molar-refractivity contribution is 7.08. The van der Waals surface area contributed by atoms with Crippen LogP contribution in [-0.4, -0.2) is 182 Å². The van der Waals surface area contributed by atoms with E-state index in [0.29, 0.717) is 76.8 Å². The summed E-state index contributed by atoms with van der Waals surface area (Å²) < 4.78 is 32.5. The van der Waals surface area contributed by atoms with E-state index in [2.05, 4.69) is 188 Å². The van der Waals surface area contributed by atoms with E-state index >= 15 is 0 Å². The maximum absolute atomic E-state index is 13.6. The summed E-state index contributed by atoms with van der Waals surface area (Å²) in [6.45, 7) is 4.30. The normalized spacial score (nSPS) is 13.3. The van der Waals surface area contributed by atoms with Crippen molar-refractivity contribution in [3.8, 4) is 135 Å². The summed E-state index contributed by atoms with van der Waals surface area (Å²) in [5, 5.41) is 52.1. The summed E-state index contributed by atoms with van der Waals surface area (Å²) >= 11 is 4.94. The molecule has 39 heteroatoms. The zero-order valence-corrected chi connectivity index (χ0v) is 75.0. The van der Waals surface area contributed by atoms with Crippen LogP contribution in [0.5, 0.6) is 0 Å². The Hall–Kier alpha value is -16.9. The molecule has 10 N–H and O–H groups in total. The molecular formula is C98H76F2N32O2S3. The zero-order chi connectivity index (χ0) is 91.9. The number of pyridine rings is 11. The van der Waals surface area contributed by atoms with Crippen molar-refractivity contribution in [1.82, 2.24) is 156 Å². The van der Waals surface area contributed by atoms with Crippen molar-refractivity contribution in [2.24, 2.45) is 5.92 Å². The number of carbonyl (C=O) groups is 1. The Morgan fingerprint density at radius 3 is 1.24 bits per heavy atom. The number of fused-ring (bicyclic) bond motifs is 8. The van der Waals surface area contributed by atoms with Crippen molar-refractivity contribution >= 4 is 134 Å². The molecule has 1 amide bonds. The number of anilines is 1. The molecule has 34 nitrogen and oxygen atoms in total. The Balaban J connectivity index is 0.000000103. The van der Waals surface area contributed by atoms with Crippen molar-refractivity contribution in [1.29, 1.82) is 0 Å². The number of aromatic nitrogens is 29. The van der Waals surface area contributed by atoms with Gasteiger partial charge in [0.2, 0.25) is 5.91 Å². The third-order valence-electron chi connectivity index (χ3n) is 24.2. The monoisotopic (exact) mass is 1870 g/mol. The molecule has 0 radical (unpaired) electrons. The first-order valence-electron chi connectivity index (χ1n) is 43.9. The van der Waals surface area contributed by atoms with Gasteiger partial charge >= 0.3 is 0 Å². The largest absolute Gasteiger partial charge is 0.472 e. The Morgan fingerprint density at radius 1 is 0.438 bits per heavy atom. The average molecular weight is 1870 g/mol.